The van der Waals surface area contributed by atoms with Crippen molar-refractivity contribution in [2.24, 2.45) is 5.73 Å². The molecule has 0 unspecified atom stereocenters. The van der Waals surface area contributed by atoms with Crippen LogP contribution in [-0.2, 0) is 0 Å². The minimum Gasteiger partial charge on any atom is -0.365 e. The molecule has 0 aliphatic carbocycles. The van der Waals surface area contributed by atoms with Crippen molar-refractivity contribution in [3.05, 3.63) is 22.1 Å². The molecular weight excluding hydrogens is 141 g/mol. The lowest BCUT2D eigenvalue weighted by molar-refractivity contribution is 0.100. The van der Waals surface area contributed by atoms with Gasteiger partial charge in [-0.3, -0.25) is 4.79 Å². The topological polar surface area (TPSA) is 43.1 Å². The van der Waals surface area contributed by atoms with E-state index in [9.17, 15) is 9.18 Å². The van der Waals surface area contributed by atoms with E-state index in [1.54, 1.807) is 0 Å². The van der Waals surface area contributed by atoms with Crippen molar-refractivity contribution in [2.45, 2.75) is 0 Å². The van der Waals surface area contributed by atoms with Crippen LogP contribution in [0.5, 0.6) is 0 Å². The van der Waals surface area contributed by atoms with Crippen molar-refractivity contribution in [1.29, 1.82) is 0 Å². The van der Waals surface area contributed by atoms with E-state index in [1.165, 1.54) is 5.38 Å². The molecule has 1 radical (unpaired) electrons. The maximum absolute atomic E-state index is 12.3. The number of carbonyl (C=O) groups is 1. The number of thiophene rings is 1. The van der Waals surface area contributed by atoms with E-state index in [-0.39, 0.29) is 4.88 Å². The number of primary amides is 1. The zero-order chi connectivity index (χ0) is 6.85. The highest BCUT2D eigenvalue weighted by atomic mass is 32.1. The third-order valence-electron chi connectivity index (χ3n) is 0.786. The van der Waals surface area contributed by atoms with Gasteiger partial charge in [-0.05, 0) is 0 Å². The van der Waals surface area contributed by atoms with Gasteiger partial charge in [0, 0.05) is 11.4 Å². The van der Waals surface area contributed by atoms with Gasteiger partial charge in [0.15, 0.2) is 5.82 Å². The van der Waals surface area contributed by atoms with E-state index in [0.29, 0.717) is 0 Å². The first-order valence-electron chi connectivity index (χ1n) is 2.16. The molecular formula is C5H3FNOS. The van der Waals surface area contributed by atoms with Gasteiger partial charge in [-0.1, -0.05) is 0 Å². The van der Waals surface area contributed by atoms with Crippen LogP contribution in [0, 0.1) is 11.9 Å². The van der Waals surface area contributed by atoms with Gasteiger partial charge in [-0.2, -0.15) is 0 Å². The fourth-order valence-corrected chi connectivity index (χ4v) is 0.982. The molecule has 0 aliphatic rings. The van der Waals surface area contributed by atoms with Crippen LogP contribution < -0.4 is 5.73 Å². The van der Waals surface area contributed by atoms with Crippen LogP contribution in [0.4, 0.5) is 4.39 Å². The highest BCUT2D eigenvalue weighted by molar-refractivity contribution is 7.12. The molecule has 0 bridgehead atoms. The SMILES string of the molecule is NC(=O)c1sc[c]c1F. The monoisotopic (exact) mass is 144 g/mol. The molecule has 2 nitrogen and oxygen atoms in total. The zero-order valence-corrected chi connectivity index (χ0v) is 5.17. The molecule has 0 fully saturated rings. The first-order chi connectivity index (χ1) is 4.22. The van der Waals surface area contributed by atoms with Crippen LogP contribution in [-0.4, -0.2) is 5.91 Å². The third kappa shape index (κ3) is 1.08. The second kappa shape index (κ2) is 2.14. The summed E-state index contributed by atoms with van der Waals surface area (Å²) in [6.07, 6.45) is 0. The van der Waals surface area contributed by atoms with Gasteiger partial charge in [-0.15, -0.1) is 11.3 Å². The van der Waals surface area contributed by atoms with Gasteiger partial charge in [0.1, 0.15) is 4.88 Å². The van der Waals surface area contributed by atoms with E-state index >= 15 is 0 Å². The lowest BCUT2D eigenvalue weighted by atomic mass is 10.4. The van der Waals surface area contributed by atoms with E-state index in [2.05, 4.69) is 6.07 Å². The Labute approximate surface area is 55.1 Å². The average molecular weight is 144 g/mol. The first kappa shape index (κ1) is 6.22. The summed E-state index contributed by atoms with van der Waals surface area (Å²) in [5, 5.41) is 1.36. The van der Waals surface area contributed by atoms with Gasteiger partial charge in [0.2, 0.25) is 0 Å². The molecule has 47 valence electrons. The van der Waals surface area contributed by atoms with Crippen LogP contribution in [0.15, 0.2) is 5.38 Å². The molecule has 0 saturated carbocycles. The summed E-state index contributed by atoms with van der Waals surface area (Å²) in [5.74, 6) is -1.40. The Morgan fingerprint density at radius 3 is 2.78 bits per heavy atom. The molecule has 1 aromatic heterocycles. The number of rotatable bonds is 1. The third-order valence-corrected chi connectivity index (χ3v) is 1.64. The van der Waals surface area contributed by atoms with Crippen LogP contribution in [0.3, 0.4) is 0 Å². The number of halogens is 1. The van der Waals surface area contributed by atoms with E-state index in [4.69, 9.17) is 5.73 Å². The summed E-state index contributed by atoms with van der Waals surface area (Å²) >= 11 is 0.953. The smallest absolute Gasteiger partial charge is 0.261 e. The number of carbonyl (C=O) groups excluding carboxylic acids is 1. The Balaban J connectivity index is 3.08. The minimum absolute atomic E-state index is 0.0602. The fourth-order valence-electron chi connectivity index (χ4n) is 0.424. The van der Waals surface area contributed by atoms with Crippen LogP contribution in [0.2, 0.25) is 0 Å². The quantitative estimate of drug-likeness (QED) is 0.622. The summed E-state index contributed by atoms with van der Waals surface area (Å²) in [6, 6.07) is 2.20. The van der Waals surface area contributed by atoms with Gasteiger partial charge in [-0.25, -0.2) is 4.39 Å². The molecule has 4 heteroatoms. The number of nitrogens with two attached hydrogens (primary N) is 1. The van der Waals surface area contributed by atoms with Gasteiger partial charge >= 0.3 is 0 Å². The Hall–Kier alpha value is -0.900. The van der Waals surface area contributed by atoms with E-state index in [1.807, 2.05) is 0 Å². The fraction of sp³-hybridized carbons (Fsp3) is 0. The number of amides is 1. The second-order valence-corrected chi connectivity index (χ2v) is 2.27. The maximum atomic E-state index is 12.3. The Bertz CT molecular complexity index is 233. The molecule has 1 rings (SSSR count). The minimum atomic E-state index is -0.737. The van der Waals surface area contributed by atoms with E-state index in [0.717, 1.165) is 11.3 Å². The summed E-state index contributed by atoms with van der Waals surface area (Å²) in [6.45, 7) is 0. The first-order valence-corrected chi connectivity index (χ1v) is 3.04. The Kier molecular flexibility index (Phi) is 1.48. The van der Waals surface area contributed by atoms with Crippen molar-refractivity contribution in [3.63, 3.8) is 0 Å². The molecule has 9 heavy (non-hydrogen) atoms. The van der Waals surface area contributed by atoms with Gasteiger partial charge in [0.05, 0.1) is 0 Å². The van der Waals surface area contributed by atoms with Crippen LogP contribution in [0.25, 0.3) is 0 Å². The molecule has 1 heterocycles. The molecule has 0 aliphatic heterocycles. The van der Waals surface area contributed by atoms with Crippen molar-refractivity contribution < 1.29 is 9.18 Å². The van der Waals surface area contributed by atoms with Crippen molar-refractivity contribution in [3.8, 4) is 0 Å². The zero-order valence-electron chi connectivity index (χ0n) is 4.35. The Morgan fingerprint density at radius 1 is 1.89 bits per heavy atom. The lowest BCUT2D eigenvalue weighted by Crippen LogP contribution is -2.10. The molecule has 0 saturated heterocycles. The standard InChI is InChI=1S/C5H3FNOS/c6-3-1-2-9-4(3)5(7)8/h2H,(H2,7,8). The largest absolute Gasteiger partial charge is 0.365 e. The van der Waals surface area contributed by atoms with Gasteiger partial charge < -0.3 is 5.73 Å². The summed E-state index contributed by atoms with van der Waals surface area (Å²) < 4.78 is 12.3. The summed E-state index contributed by atoms with van der Waals surface area (Å²) in [7, 11) is 0. The molecule has 1 aromatic rings. The highest BCUT2D eigenvalue weighted by Crippen LogP contribution is 2.12. The lowest BCUT2D eigenvalue weighted by Gasteiger charge is -1.84. The summed E-state index contributed by atoms with van der Waals surface area (Å²) in [4.78, 5) is 10.2. The predicted molar refractivity (Wildman–Crippen MR) is 31.6 cm³/mol. The van der Waals surface area contributed by atoms with Crippen LogP contribution >= 0.6 is 11.3 Å². The molecule has 0 atom stereocenters. The van der Waals surface area contributed by atoms with Crippen molar-refractivity contribution in [1.82, 2.24) is 0 Å². The maximum Gasteiger partial charge on any atom is 0.261 e. The second-order valence-electron chi connectivity index (χ2n) is 1.39. The molecule has 0 spiro atoms. The molecule has 0 aromatic carbocycles. The van der Waals surface area contributed by atoms with Crippen molar-refractivity contribution >= 4 is 17.2 Å². The van der Waals surface area contributed by atoms with Crippen molar-refractivity contribution in [2.75, 3.05) is 0 Å². The van der Waals surface area contributed by atoms with E-state index < -0.39 is 11.7 Å². The number of hydrogen-bond acceptors (Lipinski definition) is 2. The number of hydrogen-bond donors (Lipinski definition) is 1. The molecule has 1 amide bonds. The average Bonchev–Trinajstić information content (AvgIpc) is 2.13. The molecule has 2 N–H and O–H groups in total. The summed E-state index contributed by atoms with van der Waals surface area (Å²) in [5.41, 5.74) is 4.77. The normalized spacial score (nSPS) is 9.44. The highest BCUT2D eigenvalue weighted by Gasteiger charge is 2.07. The van der Waals surface area contributed by atoms with Crippen LogP contribution in [0.1, 0.15) is 9.67 Å². The van der Waals surface area contributed by atoms with Gasteiger partial charge in [0.25, 0.3) is 5.91 Å². The Morgan fingerprint density at radius 2 is 2.56 bits per heavy atom. The predicted octanol–water partition coefficient (Wildman–Crippen LogP) is 0.786.